The van der Waals surface area contributed by atoms with Crippen molar-refractivity contribution in [2.45, 2.75) is 19.9 Å². The lowest BCUT2D eigenvalue weighted by molar-refractivity contribution is 0.219. The summed E-state index contributed by atoms with van der Waals surface area (Å²) in [7, 11) is 4.01. The van der Waals surface area contributed by atoms with Crippen LogP contribution in [0, 0.1) is 13.8 Å². The van der Waals surface area contributed by atoms with Gasteiger partial charge in [0.1, 0.15) is 24.7 Å². The Morgan fingerprint density at radius 2 is 1.57 bits per heavy atom. The molecule has 1 atom stereocenters. The van der Waals surface area contributed by atoms with Crippen molar-refractivity contribution in [3.8, 4) is 11.5 Å². The van der Waals surface area contributed by atoms with Crippen molar-refractivity contribution in [3.05, 3.63) is 53.6 Å². The maximum Gasteiger partial charge on any atom is 0.125 e. The van der Waals surface area contributed by atoms with Crippen LogP contribution in [0.15, 0.2) is 42.5 Å². The molecule has 0 amide bonds. The molecule has 0 aromatic heterocycles. The largest absolute Gasteiger partial charge is 0.492 e. The molecule has 0 aliphatic heterocycles. The average molecular weight is 314 g/mol. The van der Waals surface area contributed by atoms with Crippen LogP contribution in [0.25, 0.3) is 0 Å². The van der Waals surface area contributed by atoms with Crippen LogP contribution in [0.5, 0.6) is 11.5 Å². The van der Waals surface area contributed by atoms with Crippen molar-refractivity contribution >= 4 is 5.69 Å². The Labute approximate surface area is 138 Å². The molecule has 0 saturated heterocycles. The molecule has 0 saturated carbocycles. The molecule has 2 N–H and O–H groups in total. The summed E-state index contributed by atoms with van der Waals surface area (Å²) in [6, 6.07) is 13.9. The van der Waals surface area contributed by atoms with Gasteiger partial charge in [-0.25, -0.2) is 0 Å². The van der Waals surface area contributed by atoms with Gasteiger partial charge in [-0.3, -0.25) is 0 Å². The fourth-order valence-corrected chi connectivity index (χ4v) is 2.32. The van der Waals surface area contributed by atoms with E-state index in [9.17, 15) is 0 Å². The van der Waals surface area contributed by atoms with Crippen molar-refractivity contribution in [2.24, 2.45) is 5.73 Å². The number of nitrogens with zero attached hydrogens (tertiary/aromatic N) is 1. The van der Waals surface area contributed by atoms with Gasteiger partial charge in [-0.05, 0) is 37.1 Å². The smallest absolute Gasteiger partial charge is 0.125 e. The zero-order chi connectivity index (χ0) is 16.8. The normalized spacial score (nSPS) is 11.9. The number of anilines is 1. The Bertz CT molecular complexity index is 621. The van der Waals surface area contributed by atoms with Gasteiger partial charge >= 0.3 is 0 Å². The topological polar surface area (TPSA) is 47.7 Å². The van der Waals surface area contributed by atoms with E-state index in [1.165, 1.54) is 0 Å². The molecular weight excluding hydrogens is 288 g/mol. The van der Waals surface area contributed by atoms with Gasteiger partial charge < -0.3 is 20.1 Å². The molecule has 124 valence electrons. The molecular formula is C19H26N2O2. The van der Waals surface area contributed by atoms with Gasteiger partial charge in [0.05, 0.1) is 6.04 Å². The van der Waals surface area contributed by atoms with Crippen molar-refractivity contribution < 1.29 is 9.47 Å². The molecule has 2 aromatic carbocycles. The van der Waals surface area contributed by atoms with E-state index in [1.807, 2.05) is 75.3 Å². The molecule has 0 heterocycles. The summed E-state index contributed by atoms with van der Waals surface area (Å²) >= 11 is 0. The van der Waals surface area contributed by atoms with E-state index in [0.717, 1.165) is 28.3 Å². The van der Waals surface area contributed by atoms with Crippen molar-refractivity contribution in [1.82, 2.24) is 0 Å². The Balaban J connectivity index is 1.86. The Morgan fingerprint density at radius 1 is 0.957 bits per heavy atom. The van der Waals surface area contributed by atoms with E-state index in [-0.39, 0.29) is 6.04 Å². The van der Waals surface area contributed by atoms with Gasteiger partial charge in [0.15, 0.2) is 0 Å². The third-order valence-electron chi connectivity index (χ3n) is 3.65. The summed E-state index contributed by atoms with van der Waals surface area (Å²) in [6.07, 6.45) is 0. The Kier molecular flexibility index (Phi) is 5.88. The number of aryl methyl sites for hydroxylation is 2. The summed E-state index contributed by atoms with van der Waals surface area (Å²) in [5.74, 6) is 1.73. The molecule has 0 radical (unpaired) electrons. The molecule has 0 bridgehead atoms. The lowest BCUT2D eigenvalue weighted by atomic mass is 10.1. The molecule has 4 heteroatoms. The first kappa shape index (κ1) is 17.2. The predicted octanol–water partition coefficient (Wildman–Crippen LogP) is 3.15. The standard InChI is InChI=1S/C19H26N2O2/c1-14-7-5-8-15(2)19(14)23-13-16(20)12-22-18-10-6-9-17(11-18)21(3)4/h5-11,16H,12-13,20H2,1-4H3. The molecule has 2 rings (SSSR count). The zero-order valence-corrected chi connectivity index (χ0v) is 14.4. The first-order valence-corrected chi connectivity index (χ1v) is 7.82. The Hall–Kier alpha value is -2.20. The molecule has 23 heavy (non-hydrogen) atoms. The third kappa shape index (κ3) is 4.89. The molecule has 2 aromatic rings. The second-order valence-electron chi connectivity index (χ2n) is 5.99. The second kappa shape index (κ2) is 7.88. The van der Waals surface area contributed by atoms with Crippen LogP contribution < -0.4 is 20.1 Å². The number of hydrogen-bond acceptors (Lipinski definition) is 4. The van der Waals surface area contributed by atoms with Gasteiger partial charge in [-0.1, -0.05) is 24.3 Å². The van der Waals surface area contributed by atoms with E-state index in [2.05, 4.69) is 0 Å². The second-order valence-corrected chi connectivity index (χ2v) is 5.99. The molecule has 4 nitrogen and oxygen atoms in total. The number of benzene rings is 2. The molecule has 0 aliphatic rings. The minimum Gasteiger partial charge on any atom is -0.492 e. The predicted molar refractivity (Wildman–Crippen MR) is 95.7 cm³/mol. The summed E-state index contributed by atoms with van der Waals surface area (Å²) in [6.45, 7) is 4.93. The lowest BCUT2D eigenvalue weighted by Crippen LogP contribution is -2.34. The number of nitrogens with two attached hydrogens (primary N) is 1. The average Bonchev–Trinajstić information content (AvgIpc) is 2.52. The van der Waals surface area contributed by atoms with Crippen LogP contribution in [-0.4, -0.2) is 33.4 Å². The van der Waals surface area contributed by atoms with Crippen LogP contribution in [-0.2, 0) is 0 Å². The quantitative estimate of drug-likeness (QED) is 0.853. The zero-order valence-electron chi connectivity index (χ0n) is 14.4. The first-order chi connectivity index (χ1) is 11.0. The fraction of sp³-hybridized carbons (Fsp3) is 0.368. The number of ether oxygens (including phenoxy) is 2. The van der Waals surface area contributed by atoms with Crippen LogP contribution in [0.2, 0.25) is 0 Å². The highest BCUT2D eigenvalue weighted by atomic mass is 16.5. The third-order valence-corrected chi connectivity index (χ3v) is 3.65. The van der Waals surface area contributed by atoms with Crippen molar-refractivity contribution in [2.75, 3.05) is 32.2 Å². The first-order valence-electron chi connectivity index (χ1n) is 7.82. The Morgan fingerprint density at radius 3 is 2.22 bits per heavy atom. The van der Waals surface area contributed by atoms with Crippen LogP contribution in [0.4, 0.5) is 5.69 Å². The highest BCUT2D eigenvalue weighted by Crippen LogP contribution is 2.22. The maximum absolute atomic E-state index is 6.11. The van der Waals surface area contributed by atoms with E-state index in [1.54, 1.807) is 0 Å². The highest BCUT2D eigenvalue weighted by Gasteiger charge is 2.09. The number of hydrogen-bond donors (Lipinski definition) is 1. The van der Waals surface area contributed by atoms with Crippen LogP contribution in [0.3, 0.4) is 0 Å². The molecule has 0 aliphatic carbocycles. The number of para-hydroxylation sites is 1. The summed E-state index contributed by atoms with van der Waals surface area (Å²) in [5.41, 5.74) is 9.45. The highest BCUT2D eigenvalue weighted by molar-refractivity contribution is 5.49. The minimum atomic E-state index is -0.183. The van der Waals surface area contributed by atoms with Crippen molar-refractivity contribution in [1.29, 1.82) is 0 Å². The van der Waals surface area contributed by atoms with E-state index >= 15 is 0 Å². The fourth-order valence-electron chi connectivity index (χ4n) is 2.32. The van der Waals surface area contributed by atoms with Gasteiger partial charge in [-0.2, -0.15) is 0 Å². The monoisotopic (exact) mass is 314 g/mol. The van der Waals surface area contributed by atoms with Gasteiger partial charge in [-0.15, -0.1) is 0 Å². The van der Waals surface area contributed by atoms with Crippen LogP contribution in [0.1, 0.15) is 11.1 Å². The number of rotatable bonds is 7. The minimum absolute atomic E-state index is 0.183. The van der Waals surface area contributed by atoms with E-state index < -0.39 is 0 Å². The SMILES string of the molecule is Cc1cccc(C)c1OCC(N)COc1cccc(N(C)C)c1. The van der Waals surface area contributed by atoms with E-state index in [4.69, 9.17) is 15.2 Å². The lowest BCUT2D eigenvalue weighted by Gasteiger charge is -2.18. The van der Waals surface area contributed by atoms with Gasteiger partial charge in [0.2, 0.25) is 0 Å². The maximum atomic E-state index is 6.11. The van der Waals surface area contributed by atoms with E-state index in [0.29, 0.717) is 13.2 Å². The summed E-state index contributed by atoms with van der Waals surface area (Å²) in [4.78, 5) is 2.04. The molecule has 0 fully saturated rings. The molecule has 1 unspecified atom stereocenters. The van der Waals surface area contributed by atoms with Gasteiger partial charge in [0, 0.05) is 25.8 Å². The summed E-state index contributed by atoms with van der Waals surface area (Å²) in [5, 5.41) is 0. The van der Waals surface area contributed by atoms with Crippen LogP contribution >= 0.6 is 0 Å². The van der Waals surface area contributed by atoms with Crippen molar-refractivity contribution in [3.63, 3.8) is 0 Å². The molecule has 0 spiro atoms. The van der Waals surface area contributed by atoms with Gasteiger partial charge in [0.25, 0.3) is 0 Å². The summed E-state index contributed by atoms with van der Waals surface area (Å²) < 4.78 is 11.6.